The zero-order valence-electron chi connectivity index (χ0n) is 12.5. The Morgan fingerprint density at radius 3 is 2.37 bits per heavy atom. The van der Waals surface area contributed by atoms with Crippen LogP contribution in [0.4, 0.5) is 4.79 Å². The highest BCUT2D eigenvalue weighted by Crippen LogP contribution is 2.18. The molecule has 0 spiro atoms. The number of nitrogens with one attached hydrogen (secondary N) is 2. The van der Waals surface area contributed by atoms with Crippen LogP contribution in [0.2, 0.25) is 0 Å². The Kier molecular flexibility index (Phi) is 4.66. The second-order valence-corrected chi connectivity index (χ2v) is 6.63. The van der Waals surface area contributed by atoms with Crippen LogP contribution in [0.1, 0.15) is 47.5 Å². The number of amides is 1. The maximum absolute atomic E-state index is 11.7. The van der Waals surface area contributed by atoms with Gasteiger partial charge in [0.05, 0.1) is 12.1 Å². The molecule has 0 saturated heterocycles. The summed E-state index contributed by atoms with van der Waals surface area (Å²) >= 11 is 0. The number of hydrogen-bond acceptors (Lipinski definition) is 3. The van der Waals surface area contributed by atoms with Gasteiger partial charge in [-0.15, -0.1) is 0 Å². The van der Waals surface area contributed by atoms with Gasteiger partial charge in [0.1, 0.15) is 5.60 Å². The quantitative estimate of drug-likeness (QED) is 0.531. The number of nitrogens with two attached hydrogens (primary N) is 1. The Hall–Kier alpha value is -1.46. The number of alkyl carbamates (subject to hydrolysis) is 1. The number of nitrogens with zero attached hydrogens (tertiary/aromatic N) is 1. The van der Waals surface area contributed by atoms with E-state index in [-0.39, 0.29) is 0 Å². The highest BCUT2D eigenvalue weighted by atomic mass is 16.6. The third kappa shape index (κ3) is 7.54. The molecule has 0 aromatic heterocycles. The third-order valence-electron chi connectivity index (χ3n) is 2.41. The summed E-state index contributed by atoms with van der Waals surface area (Å²) in [6.07, 6.45) is 1.85. The van der Waals surface area contributed by atoms with Crippen LogP contribution in [0, 0.1) is 0 Å². The van der Waals surface area contributed by atoms with Crippen LogP contribution < -0.4 is 16.4 Å². The first-order valence-corrected chi connectivity index (χ1v) is 6.65. The van der Waals surface area contributed by atoms with Crippen molar-refractivity contribution in [2.24, 2.45) is 10.7 Å². The van der Waals surface area contributed by atoms with E-state index >= 15 is 0 Å². The highest BCUT2D eigenvalue weighted by molar-refractivity contribution is 5.78. The molecule has 6 heteroatoms. The molecule has 1 saturated carbocycles. The normalized spacial score (nSPS) is 17.0. The molecule has 4 N–H and O–H groups in total. The predicted molar refractivity (Wildman–Crippen MR) is 76.1 cm³/mol. The van der Waals surface area contributed by atoms with Gasteiger partial charge in [0.2, 0.25) is 0 Å². The summed E-state index contributed by atoms with van der Waals surface area (Å²) in [7, 11) is 0. The summed E-state index contributed by atoms with van der Waals surface area (Å²) in [5.41, 5.74) is 4.74. The number of aliphatic imine (C=N–C) groups is 1. The van der Waals surface area contributed by atoms with E-state index < -0.39 is 17.2 Å². The molecule has 19 heavy (non-hydrogen) atoms. The van der Waals surface area contributed by atoms with E-state index in [1.54, 1.807) is 0 Å². The topological polar surface area (TPSA) is 88.7 Å². The number of ether oxygens (including phenoxy) is 1. The van der Waals surface area contributed by atoms with E-state index in [0.717, 1.165) is 12.8 Å². The molecule has 0 aliphatic heterocycles. The molecule has 0 atom stereocenters. The summed E-state index contributed by atoms with van der Waals surface area (Å²) < 4.78 is 5.21. The minimum Gasteiger partial charge on any atom is -0.444 e. The minimum atomic E-state index is -0.504. The minimum absolute atomic E-state index is 0.401. The van der Waals surface area contributed by atoms with Crippen LogP contribution in [0.3, 0.4) is 0 Å². The van der Waals surface area contributed by atoms with Gasteiger partial charge in [0, 0.05) is 6.04 Å². The van der Waals surface area contributed by atoms with E-state index in [1.807, 2.05) is 34.6 Å². The molecule has 0 heterocycles. The second-order valence-electron chi connectivity index (χ2n) is 6.63. The average Bonchev–Trinajstić information content (AvgIpc) is 2.94. The van der Waals surface area contributed by atoms with Crippen molar-refractivity contribution in [3.63, 3.8) is 0 Å². The van der Waals surface area contributed by atoms with Gasteiger partial charge < -0.3 is 21.1 Å². The van der Waals surface area contributed by atoms with Crippen molar-refractivity contribution in [2.75, 3.05) is 6.54 Å². The fourth-order valence-electron chi connectivity index (χ4n) is 1.38. The van der Waals surface area contributed by atoms with Gasteiger partial charge in [0.25, 0.3) is 0 Å². The van der Waals surface area contributed by atoms with Gasteiger partial charge in [-0.05, 0) is 47.5 Å². The number of hydrogen-bond donors (Lipinski definition) is 3. The standard InChI is InChI=1S/C13H26N4O2/c1-12(2,3)19-11(18)17-13(4,5)8-15-10(14)16-9-6-7-9/h9H,6-8H2,1-5H3,(H,17,18)(H3,14,15,16). The molecule has 6 nitrogen and oxygen atoms in total. The Morgan fingerprint density at radius 1 is 1.32 bits per heavy atom. The summed E-state index contributed by atoms with van der Waals surface area (Å²) in [4.78, 5) is 15.9. The second kappa shape index (κ2) is 5.67. The third-order valence-corrected chi connectivity index (χ3v) is 2.41. The van der Waals surface area contributed by atoms with Gasteiger partial charge in [-0.2, -0.15) is 0 Å². The smallest absolute Gasteiger partial charge is 0.408 e. The lowest BCUT2D eigenvalue weighted by Crippen LogP contribution is -2.48. The average molecular weight is 270 g/mol. The predicted octanol–water partition coefficient (Wildman–Crippen LogP) is 1.36. The molecule has 1 amide bonds. The first-order chi connectivity index (χ1) is 8.57. The lowest BCUT2D eigenvalue weighted by Gasteiger charge is -2.27. The van der Waals surface area contributed by atoms with Gasteiger partial charge in [-0.3, -0.25) is 4.99 Å². The SMILES string of the molecule is CC(C)(CN=C(N)NC1CC1)NC(=O)OC(C)(C)C. The van der Waals surface area contributed by atoms with Gasteiger partial charge >= 0.3 is 6.09 Å². The van der Waals surface area contributed by atoms with Crippen molar-refractivity contribution >= 4 is 12.1 Å². The van der Waals surface area contributed by atoms with Crippen molar-refractivity contribution in [3.8, 4) is 0 Å². The monoisotopic (exact) mass is 270 g/mol. The van der Waals surface area contributed by atoms with Crippen molar-refractivity contribution in [1.82, 2.24) is 10.6 Å². The zero-order valence-corrected chi connectivity index (χ0v) is 12.5. The molecular formula is C13H26N4O2. The maximum atomic E-state index is 11.7. The van der Waals surface area contributed by atoms with Crippen LogP contribution in [-0.4, -0.2) is 35.8 Å². The first-order valence-electron chi connectivity index (χ1n) is 6.65. The van der Waals surface area contributed by atoms with E-state index in [0.29, 0.717) is 18.5 Å². The van der Waals surface area contributed by atoms with E-state index in [9.17, 15) is 4.79 Å². The summed E-state index contributed by atoms with van der Waals surface area (Å²) in [6, 6.07) is 0.477. The molecule has 0 aromatic carbocycles. The van der Waals surface area contributed by atoms with E-state index in [2.05, 4.69) is 15.6 Å². The molecule has 1 rings (SSSR count). The largest absolute Gasteiger partial charge is 0.444 e. The van der Waals surface area contributed by atoms with Crippen molar-refractivity contribution in [2.45, 2.75) is 64.6 Å². The summed E-state index contributed by atoms with van der Waals surface area (Å²) in [5, 5.41) is 5.89. The number of carbonyl (C=O) groups is 1. The molecule has 0 aromatic rings. The molecule has 1 aliphatic rings. The lowest BCUT2D eigenvalue weighted by molar-refractivity contribution is 0.0476. The number of guanidine groups is 1. The fraction of sp³-hybridized carbons (Fsp3) is 0.846. The van der Waals surface area contributed by atoms with Gasteiger partial charge in [-0.25, -0.2) is 4.79 Å². The highest BCUT2D eigenvalue weighted by Gasteiger charge is 2.25. The zero-order chi connectivity index (χ0) is 14.7. The summed E-state index contributed by atoms with van der Waals surface area (Å²) in [5.74, 6) is 0.432. The number of carbonyl (C=O) groups excluding carboxylic acids is 1. The Morgan fingerprint density at radius 2 is 1.89 bits per heavy atom. The van der Waals surface area contributed by atoms with Crippen LogP contribution in [0.5, 0.6) is 0 Å². The molecule has 0 radical (unpaired) electrons. The summed E-state index contributed by atoms with van der Waals surface area (Å²) in [6.45, 7) is 9.65. The maximum Gasteiger partial charge on any atom is 0.408 e. The van der Waals surface area contributed by atoms with Crippen LogP contribution in [0.15, 0.2) is 4.99 Å². The molecular weight excluding hydrogens is 244 g/mol. The van der Waals surface area contributed by atoms with Gasteiger partial charge in [-0.1, -0.05) is 0 Å². The Bertz CT molecular complexity index is 354. The molecule has 0 bridgehead atoms. The Labute approximate surface area is 115 Å². The fourth-order valence-corrected chi connectivity index (χ4v) is 1.38. The van der Waals surface area contributed by atoms with E-state index in [1.165, 1.54) is 0 Å². The molecule has 1 fully saturated rings. The van der Waals surface area contributed by atoms with Crippen molar-refractivity contribution in [3.05, 3.63) is 0 Å². The first kappa shape index (κ1) is 15.6. The Balaban J connectivity index is 2.39. The van der Waals surface area contributed by atoms with E-state index in [4.69, 9.17) is 10.5 Å². The van der Waals surface area contributed by atoms with Crippen LogP contribution in [-0.2, 0) is 4.74 Å². The molecule has 110 valence electrons. The van der Waals surface area contributed by atoms with Crippen molar-refractivity contribution < 1.29 is 9.53 Å². The van der Waals surface area contributed by atoms with Crippen LogP contribution in [0.25, 0.3) is 0 Å². The molecule has 0 unspecified atom stereocenters. The number of rotatable bonds is 4. The molecule has 1 aliphatic carbocycles. The van der Waals surface area contributed by atoms with Crippen LogP contribution >= 0.6 is 0 Å². The van der Waals surface area contributed by atoms with Gasteiger partial charge in [0.15, 0.2) is 5.96 Å². The lowest BCUT2D eigenvalue weighted by atomic mass is 10.1. The van der Waals surface area contributed by atoms with Crippen molar-refractivity contribution in [1.29, 1.82) is 0 Å².